The van der Waals surface area contributed by atoms with Crippen molar-refractivity contribution in [2.45, 2.75) is 19.4 Å². The van der Waals surface area contributed by atoms with Crippen LogP contribution in [-0.2, 0) is 11.3 Å². The fourth-order valence-corrected chi connectivity index (χ4v) is 2.82. The summed E-state index contributed by atoms with van der Waals surface area (Å²) in [5.74, 6) is -0.745. The van der Waals surface area contributed by atoms with Crippen LogP contribution in [0.3, 0.4) is 0 Å². The van der Waals surface area contributed by atoms with Gasteiger partial charge < -0.3 is 5.32 Å². The van der Waals surface area contributed by atoms with Gasteiger partial charge in [-0.15, -0.1) is 0 Å². The van der Waals surface area contributed by atoms with Crippen molar-refractivity contribution in [2.75, 3.05) is 0 Å². The van der Waals surface area contributed by atoms with E-state index in [1.165, 1.54) is 6.07 Å². The first kappa shape index (κ1) is 16.9. The topological polar surface area (TPSA) is 29.1 Å². The minimum Gasteiger partial charge on any atom is -0.351 e. The van der Waals surface area contributed by atoms with Crippen LogP contribution in [0.5, 0.6) is 0 Å². The number of benzene rings is 3. The van der Waals surface area contributed by atoms with Crippen molar-refractivity contribution in [3.8, 4) is 0 Å². The molecule has 1 N–H and O–H groups in total. The van der Waals surface area contributed by atoms with E-state index in [1.807, 2.05) is 66.7 Å². The highest BCUT2D eigenvalue weighted by molar-refractivity contribution is 5.87. The highest BCUT2D eigenvalue weighted by atomic mass is 19.1. The van der Waals surface area contributed by atoms with Crippen molar-refractivity contribution in [3.63, 3.8) is 0 Å². The van der Waals surface area contributed by atoms with Crippen LogP contribution in [0.2, 0.25) is 0 Å². The predicted molar refractivity (Wildman–Crippen MR) is 97.7 cm³/mol. The van der Waals surface area contributed by atoms with Crippen molar-refractivity contribution in [2.24, 2.45) is 0 Å². The number of amides is 1. The molecule has 0 atom stereocenters. The van der Waals surface area contributed by atoms with Crippen molar-refractivity contribution in [1.82, 2.24) is 5.32 Å². The highest BCUT2D eigenvalue weighted by Gasteiger charge is 2.22. The molecule has 0 unspecified atom stereocenters. The van der Waals surface area contributed by atoms with E-state index in [-0.39, 0.29) is 11.7 Å². The molecular formula is C22H20FNO. The van der Waals surface area contributed by atoms with E-state index in [0.717, 1.165) is 16.7 Å². The summed E-state index contributed by atoms with van der Waals surface area (Å²) in [6.07, 6.45) is 0. The van der Waals surface area contributed by atoms with Gasteiger partial charge in [0.15, 0.2) is 0 Å². The molecule has 0 heterocycles. The molecule has 126 valence electrons. The van der Waals surface area contributed by atoms with Gasteiger partial charge in [-0.05, 0) is 35.2 Å². The number of carbonyl (C=O) groups excluding carboxylic acids is 1. The molecule has 0 spiro atoms. The molecule has 0 fully saturated rings. The van der Waals surface area contributed by atoms with E-state index >= 15 is 0 Å². The van der Waals surface area contributed by atoms with Crippen molar-refractivity contribution in [3.05, 3.63) is 107 Å². The second-order valence-corrected chi connectivity index (χ2v) is 6.06. The van der Waals surface area contributed by atoms with Crippen molar-refractivity contribution < 1.29 is 9.18 Å². The second kappa shape index (κ2) is 7.75. The normalized spacial score (nSPS) is 10.7. The van der Waals surface area contributed by atoms with Crippen LogP contribution >= 0.6 is 0 Å². The maximum Gasteiger partial charge on any atom is 0.232 e. The lowest BCUT2D eigenvalue weighted by Crippen LogP contribution is -2.29. The summed E-state index contributed by atoms with van der Waals surface area (Å²) in [4.78, 5) is 12.9. The molecule has 3 heteroatoms. The summed E-state index contributed by atoms with van der Waals surface area (Å²) in [5, 5.41) is 2.94. The molecule has 0 bridgehead atoms. The molecule has 3 aromatic rings. The first-order valence-electron chi connectivity index (χ1n) is 8.28. The van der Waals surface area contributed by atoms with E-state index < -0.39 is 5.92 Å². The minimum atomic E-state index is -0.391. The van der Waals surface area contributed by atoms with Crippen molar-refractivity contribution >= 4 is 5.91 Å². The summed E-state index contributed by atoms with van der Waals surface area (Å²) in [5.41, 5.74) is 3.21. The molecule has 0 aliphatic heterocycles. The average molecular weight is 333 g/mol. The average Bonchev–Trinajstić information content (AvgIpc) is 2.65. The molecule has 3 aromatic carbocycles. The summed E-state index contributed by atoms with van der Waals surface area (Å²) < 4.78 is 13.7. The lowest BCUT2D eigenvalue weighted by atomic mass is 9.90. The van der Waals surface area contributed by atoms with E-state index in [2.05, 4.69) is 5.32 Å². The minimum absolute atomic E-state index is 0.0987. The Hall–Kier alpha value is -2.94. The van der Waals surface area contributed by atoms with Gasteiger partial charge in [-0.25, -0.2) is 4.39 Å². The fraction of sp³-hybridized carbons (Fsp3) is 0.136. The van der Waals surface area contributed by atoms with E-state index in [9.17, 15) is 9.18 Å². The molecule has 0 saturated carbocycles. The number of aryl methyl sites for hydroxylation is 1. The van der Waals surface area contributed by atoms with E-state index in [4.69, 9.17) is 0 Å². The van der Waals surface area contributed by atoms with Crippen molar-refractivity contribution in [1.29, 1.82) is 0 Å². The van der Waals surface area contributed by atoms with Gasteiger partial charge in [0.2, 0.25) is 5.91 Å². The van der Waals surface area contributed by atoms with Gasteiger partial charge in [-0.3, -0.25) is 4.79 Å². The van der Waals surface area contributed by atoms with Crippen LogP contribution in [0.1, 0.15) is 28.2 Å². The quantitative estimate of drug-likeness (QED) is 0.727. The molecule has 3 rings (SSSR count). The summed E-state index contributed by atoms with van der Waals surface area (Å²) in [6, 6.07) is 24.4. The molecular weight excluding hydrogens is 313 g/mol. The number of halogens is 1. The Kier molecular flexibility index (Phi) is 5.24. The standard InChI is InChI=1S/C22H20FNO/c1-16-12-13-17(14-20(16)23)15-24-22(25)21(18-8-4-2-5-9-18)19-10-6-3-7-11-19/h2-14,21H,15H2,1H3,(H,24,25). The number of carbonyl (C=O) groups is 1. The fourth-order valence-electron chi connectivity index (χ4n) is 2.82. The number of rotatable bonds is 5. The Balaban J connectivity index is 1.81. The van der Waals surface area contributed by atoms with Gasteiger partial charge in [0.25, 0.3) is 0 Å². The maximum atomic E-state index is 13.7. The highest BCUT2D eigenvalue weighted by Crippen LogP contribution is 2.24. The molecule has 0 aliphatic rings. The first-order chi connectivity index (χ1) is 12.1. The van der Waals surface area contributed by atoms with E-state index in [0.29, 0.717) is 12.1 Å². The molecule has 0 aliphatic carbocycles. The predicted octanol–water partition coefficient (Wildman–Crippen LogP) is 4.58. The Labute approximate surface area is 147 Å². The monoisotopic (exact) mass is 333 g/mol. The molecule has 0 saturated heterocycles. The Morgan fingerprint density at radius 1 is 0.920 bits per heavy atom. The lowest BCUT2D eigenvalue weighted by molar-refractivity contribution is -0.121. The Morgan fingerprint density at radius 2 is 1.48 bits per heavy atom. The SMILES string of the molecule is Cc1ccc(CNC(=O)C(c2ccccc2)c2ccccc2)cc1F. The zero-order chi connectivity index (χ0) is 17.6. The van der Waals surface area contributed by atoms with Gasteiger partial charge in [0.05, 0.1) is 5.92 Å². The lowest BCUT2D eigenvalue weighted by Gasteiger charge is -2.18. The van der Waals surface area contributed by atoms with Crippen LogP contribution in [0, 0.1) is 12.7 Å². The molecule has 1 amide bonds. The largest absolute Gasteiger partial charge is 0.351 e. The number of hydrogen-bond acceptors (Lipinski definition) is 1. The van der Waals surface area contributed by atoms with Crippen LogP contribution in [0.15, 0.2) is 78.9 Å². The zero-order valence-electron chi connectivity index (χ0n) is 14.1. The van der Waals surface area contributed by atoms with Crippen LogP contribution < -0.4 is 5.32 Å². The first-order valence-corrected chi connectivity index (χ1v) is 8.28. The summed E-state index contributed by atoms with van der Waals surface area (Å²) >= 11 is 0. The third-order valence-electron chi connectivity index (χ3n) is 4.23. The Morgan fingerprint density at radius 3 is 2.00 bits per heavy atom. The third kappa shape index (κ3) is 4.13. The van der Waals surface area contributed by atoms with Gasteiger partial charge >= 0.3 is 0 Å². The third-order valence-corrected chi connectivity index (χ3v) is 4.23. The molecule has 2 nitrogen and oxygen atoms in total. The van der Waals surface area contributed by atoms with Gasteiger partial charge in [-0.2, -0.15) is 0 Å². The zero-order valence-corrected chi connectivity index (χ0v) is 14.1. The van der Waals surface area contributed by atoms with Gasteiger partial charge in [-0.1, -0.05) is 72.8 Å². The number of nitrogens with one attached hydrogen (secondary N) is 1. The summed E-state index contributed by atoms with van der Waals surface area (Å²) in [6.45, 7) is 2.02. The van der Waals surface area contributed by atoms with Gasteiger partial charge in [0, 0.05) is 6.54 Å². The van der Waals surface area contributed by atoms with Gasteiger partial charge in [0.1, 0.15) is 5.82 Å². The Bertz CT molecular complexity index is 807. The van der Waals surface area contributed by atoms with Crippen LogP contribution in [-0.4, -0.2) is 5.91 Å². The second-order valence-electron chi connectivity index (χ2n) is 6.06. The van der Waals surface area contributed by atoms with Crippen LogP contribution in [0.25, 0.3) is 0 Å². The maximum absolute atomic E-state index is 13.7. The molecule has 0 radical (unpaired) electrons. The van der Waals surface area contributed by atoms with Crippen LogP contribution in [0.4, 0.5) is 4.39 Å². The number of hydrogen-bond donors (Lipinski definition) is 1. The smallest absolute Gasteiger partial charge is 0.232 e. The van der Waals surface area contributed by atoms with E-state index in [1.54, 1.807) is 13.0 Å². The molecule has 25 heavy (non-hydrogen) atoms. The summed E-state index contributed by atoms with van der Waals surface area (Å²) in [7, 11) is 0. The molecule has 0 aromatic heterocycles.